The Hall–Kier alpha value is -1.97. The van der Waals surface area contributed by atoms with Crippen LogP contribution in [0.3, 0.4) is 0 Å². The highest BCUT2D eigenvalue weighted by molar-refractivity contribution is 7.92. The van der Waals surface area contributed by atoms with E-state index in [-0.39, 0.29) is 41.4 Å². The van der Waals surface area contributed by atoms with Crippen molar-refractivity contribution in [2.45, 2.75) is 49.0 Å². The minimum atomic E-state index is -3.58. The number of sulfone groups is 1. The summed E-state index contributed by atoms with van der Waals surface area (Å²) >= 11 is 5.81. The molecule has 0 spiro atoms. The van der Waals surface area contributed by atoms with E-state index in [9.17, 15) is 17.6 Å². The minimum absolute atomic E-state index is 0.0350. The third kappa shape index (κ3) is 3.78. The van der Waals surface area contributed by atoms with Crippen LogP contribution >= 0.6 is 11.6 Å². The zero-order chi connectivity index (χ0) is 20.8. The molecule has 1 aromatic heterocycles. The number of nitrogens with zero attached hydrogens (tertiary/aromatic N) is 3. The molecule has 2 aliphatic heterocycles. The summed E-state index contributed by atoms with van der Waals surface area (Å²) in [5.41, 5.74) is 1.11. The highest BCUT2D eigenvalue weighted by Gasteiger charge is 2.37. The second-order valence-corrected chi connectivity index (χ2v) is 10.1. The fraction of sp³-hybridized carbons (Fsp3) is 0.474. The van der Waals surface area contributed by atoms with Crippen LogP contribution in [0.5, 0.6) is 0 Å². The lowest BCUT2D eigenvalue weighted by atomic mass is 10.1. The van der Waals surface area contributed by atoms with Crippen molar-refractivity contribution >= 4 is 27.3 Å². The van der Waals surface area contributed by atoms with E-state index in [2.05, 4.69) is 5.10 Å². The van der Waals surface area contributed by atoms with Gasteiger partial charge in [-0.3, -0.25) is 9.48 Å². The molecule has 1 saturated heterocycles. The van der Waals surface area contributed by atoms with Gasteiger partial charge in [-0.1, -0.05) is 17.7 Å². The van der Waals surface area contributed by atoms with E-state index in [4.69, 9.17) is 16.3 Å². The van der Waals surface area contributed by atoms with Crippen molar-refractivity contribution in [1.29, 1.82) is 0 Å². The van der Waals surface area contributed by atoms with Crippen molar-refractivity contribution in [2.75, 3.05) is 13.2 Å². The molecule has 3 heterocycles. The Balaban J connectivity index is 1.58. The predicted molar refractivity (Wildman–Crippen MR) is 104 cm³/mol. The molecule has 4 rings (SSSR count). The largest absolute Gasteiger partial charge is 0.380 e. The average molecular weight is 442 g/mol. The number of halogens is 2. The van der Waals surface area contributed by atoms with Gasteiger partial charge in [0.1, 0.15) is 10.7 Å². The summed E-state index contributed by atoms with van der Waals surface area (Å²) in [5, 5.41) is 3.63. The molecule has 2 aromatic rings. The van der Waals surface area contributed by atoms with Crippen LogP contribution in [0.2, 0.25) is 5.02 Å². The molecule has 1 amide bonds. The number of rotatable bonds is 4. The predicted octanol–water partition coefficient (Wildman–Crippen LogP) is 2.21. The zero-order valence-corrected chi connectivity index (χ0v) is 17.4. The molecule has 1 fully saturated rings. The number of carbonyl (C=O) groups is 1. The first-order valence-electron chi connectivity index (χ1n) is 9.37. The molecule has 10 heteroatoms. The summed E-state index contributed by atoms with van der Waals surface area (Å²) in [6.45, 7) is 3.05. The fourth-order valence-corrected chi connectivity index (χ4v) is 5.75. The van der Waals surface area contributed by atoms with Crippen LogP contribution in [-0.2, 0) is 38.9 Å². The Kier molecular flexibility index (Phi) is 5.39. The standard InChI is InChI=1S/C19H21ClFN3O4S/c1-12-9-24-17(18(8-22-24)29(26,27)14-4-5-28-11-14)10-23(12)19(25)7-13-2-3-16(21)15(20)6-13/h2-3,6,8,12,14H,4-5,7,9-11H2,1H3/t12-,14?/m0/s1. The van der Waals surface area contributed by atoms with Gasteiger partial charge < -0.3 is 9.64 Å². The Morgan fingerprint density at radius 1 is 1.41 bits per heavy atom. The molecule has 2 aliphatic rings. The lowest BCUT2D eigenvalue weighted by Gasteiger charge is -2.34. The quantitative estimate of drug-likeness (QED) is 0.726. The van der Waals surface area contributed by atoms with Crippen molar-refractivity contribution in [3.8, 4) is 0 Å². The van der Waals surface area contributed by atoms with Crippen LogP contribution in [0, 0.1) is 5.82 Å². The molecule has 0 bridgehead atoms. The molecule has 1 aromatic carbocycles. The highest BCUT2D eigenvalue weighted by atomic mass is 35.5. The smallest absolute Gasteiger partial charge is 0.227 e. The van der Waals surface area contributed by atoms with Crippen LogP contribution in [0.15, 0.2) is 29.3 Å². The van der Waals surface area contributed by atoms with Gasteiger partial charge in [0, 0.05) is 12.6 Å². The Labute approximate surface area is 173 Å². The number of amides is 1. The monoisotopic (exact) mass is 441 g/mol. The average Bonchev–Trinajstić information content (AvgIpc) is 3.34. The fourth-order valence-electron chi connectivity index (χ4n) is 3.81. The third-order valence-corrected chi connectivity index (χ3v) is 7.99. The number of hydrogen-bond acceptors (Lipinski definition) is 5. The van der Waals surface area contributed by atoms with Gasteiger partial charge in [0.25, 0.3) is 0 Å². The Morgan fingerprint density at radius 3 is 2.90 bits per heavy atom. The molecule has 156 valence electrons. The summed E-state index contributed by atoms with van der Waals surface area (Å²) in [6.07, 6.45) is 1.89. The molecule has 0 radical (unpaired) electrons. The van der Waals surface area contributed by atoms with Crippen molar-refractivity contribution in [2.24, 2.45) is 0 Å². The summed E-state index contributed by atoms with van der Waals surface area (Å²) in [6, 6.07) is 4.03. The van der Waals surface area contributed by atoms with Gasteiger partial charge in [-0.15, -0.1) is 0 Å². The molecule has 7 nitrogen and oxygen atoms in total. The summed E-state index contributed by atoms with van der Waals surface area (Å²) < 4.78 is 46.3. The number of fused-ring (bicyclic) bond motifs is 1. The van der Waals surface area contributed by atoms with Gasteiger partial charge in [0.05, 0.1) is 48.3 Å². The molecule has 0 N–H and O–H groups in total. The molecule has 1 unspecified atom stereocenters. The van der Waals surface area contributed by atoms with Gasteiger partial charge in [0.15, 0.2) is 9.84 Å². The second kappa shape index (κ2) is 7.70. The summed E-state index contributed by atoms with van der Waals surface area (Å²) in [4.78, 5) is 14.7. The number of hydrogen-bond donors (Lipinski definition) is 0. The second-order valence-electron chi connectivity index (χ2n) is 7.46. The number of carbonyl (C=O) groups excluding carboxylic acids is 1. The van der Waals surface area contributed by atoms with Crippen molar-refractivity contribution < 1.29 is 22.3 Å². The van der Waals surface area contributed by atoms with E-state index in [1.54, 1.807) is 9.58 Å². The topological polar surface area (TPSA) is 81.5 Å². The minimum Gasteiger partial charge on any atom is -0.380 e. The van der Waals surface area contributed by atoms with Crippen molar-refractivity contribution in [1.82, 2.24) is 14.7 Å². The summed E-state index contributed by atoms with van der Waals surface area (Å²) in [5.74, 6) is -0.718. The molecule has 2 atom stereocenters. The van der Waals surface area contributed by atoms with Crippen LogP contribution in [0.25, 0.3) is 0 Å². The number of benzene rings is 1. The van der Waals surface area contributed by atoms with E-state index in [1.165, 1.54) is 24.4 Å². The third-order valence-electron chi connectivity index (χ3n) is 5.49. The number of ether oxygens (including phenoxy) is 1. The first-order valence-corrected chi connectivity index (χ1v) is 11.3. The van der Waals surface area contributed by atoms with Gasteiger partial charge in [-0.2, -0.15) is 5.10 Å². The summed E-state index contributed by atoms with van der Waals surface area (Å²) in [7, 11) is -3.58. The van der Waals surface area contributed by atoms with Crippen LogP contribution in [-0.4, -0.2) is 53.5 Å². The zero-order valence-electron chi connectivity index (χ0n) is 15.8. The van der Waals surface area contributed by atoms with Gasteiger partial charge in [-0.25, -0.2) is 12.8 Å². The molecule has 0 aliphatic carbocycles. The first-order chi connectivity index (χ1) is 13.8. The molecule has 29 heavy (non-hydrogen) atoms. The van der Waals surface area contributed by atoms with E-state index in [0.717, 1.165) is 0 Å². The lowest BCUT2D eigenvalue weighted by molar-refractivity contribution is -0.134. The normalized spacial score (nSPS) is 22.0. The van der Waals surface area contributed by atoms with E-state index in [1.807, 2.05) is 6.92 Å². The van der Waals surface area contributed by atoms with Gasteiger partial charge >= 0.3 is 0 Å². The molecular formula is C19H21ClFN3O4S. The Morgan fingerprint density at radius 2 is 2.21 bits per heavy atom. The molecular weight excluding hydrogens is 421 g/mol. The van der Waals surface area contributed by atoms with Crippen LogP contribution in [0.4, 0.5) is 4.39 Å². The van der Waals surface area contributed by atoms with E-state index >= 15 is 0 Å². The van der Waals surface area contributed by atoms with Crippen LogP contribution in [0.1, 0.15) is 24.6 Å². The van der Waals surface area contributed by atoms with E-state index in [0.29, 0.717) is 30.8 Å². The lowest BCUT2D eigenvalue weighted by Crippen LogP contribution is -2.46. The maximum absolute atomic E-state index is 13.4. The van der Waals surface area contributed by atoms with Crippen molar-refractivity contribution in [3.05, 3.63) is 46.5 Å². The SMILES string of the molecule is C[C@H]1Cn2ncc(S(=O)(=O)C3CCOC3)c2CN1C(=O)Cc1ccc(F)c(Cl)c1. The Bertz CT molecular complexity index is 1050. The number of aromatic nitrogens is 2. The highest BCUT2D eigenvalue weighted by Crippen LogP contribution is 2.29. The van der Waals surface area contributed by atoms with Crippen LogP contribution < -0.4 is 0 Å². The van der Waals surface area contributed by atoms with E-state index < -0.39 is 20.9 Å². The van der Waals surface area contributed by atoms with Gasteiger partial charge in [0.2, 0.25) is 5.91 Å². The molecule has 0 saturated carbocycles. The van der Waals surface area contributed by atoms with Gasteiger partial charge in [-0.05, 0) is 31.0 Å². The maximum atomic E-state index is 13.4. The van der Waals surface area contributed by atoms with Crippen molar-refractivity contribution in [3.63, 3.8) is 0 Å². The maximum Gasteiger partial charge on any atom is 0.227 e. The first kappa shape index (κ1) is 20.3.